The fraction of sp³-hybridized carbons (Fsp3) is 0.0833. The summed E-state index contributed by atoms with van der Waals surface area (Å²) >= 11 is 16.8. The molecular formula is C12H8BrCl2NOS. The molecule has 2 nitrogen and oxygen atoms in total. The third kappa shape index (κ3) is 2.57. The molecule has 18 heavy (non-hydrogen) atoms. The van der Waals surface area contributed by atoms with Gasteiger partial charge in [-0.15, -0.1) is 11.3 Å². The summed E-state index contributed by atoms with van der Waals surface area (Å²) in [5, 5.41) is 0.518. The molecule has 1 aromatic carbocycles. The summed E-state index contributed by atoms with van der Waals surface area (Å²) < 4.78 is 0.898. The first-order valence-electron chi connectivity index (χ1n) is 4.95. The van der Waals surface area contributed by atoms with Crippen molar-refractivity contribution in [1.29, 1.82) is 0 Å². The van der Waals surface area contributed by atoms with Crippen LogP contribution in [0.15, 0.2) is 22.0 Å². The van der Waals surface area contributed by atoms with Gasteiger partial charge < -0.3 is 5.73 Å². The summed E-state index contributed by atoms with van der Waals surface area (Å²) in [5.74, 6) is -0.173. The number of carbonyl (C=O) groups is 1. The zero-order chi connectivity index (χ0) is 13.4. The molecule has 0 aliphatic heterocycles. The topological polar surface area (TPSA) is 43.1 Å². The minimum Gasteiger partial charge on any atom is -0.399 e. The van der Waals surface area contributed by atoms with Gasteiger partial charge >= 0.3 is 0 Å². The minimum atomic E-state index is -0.173. The number of benzene rings is 1. The quantitative estimate of drug-likeness (QED) is 0.605. The maximum absolute atomic E-state index is 12.4. The van der Waals surface area contributed by atoms with E-state index in [2.05, 4.69) is 15.9 Å². The molecule has 2 aromatic rings. The summed E-state index contributed by atoms with van der Waals surface area (Å²) in [7, 11) is 0. The zero-order valence-electron chi connectivity index (χ0n) is 9.26. The van der Waals surface area contributed by atoms with Gasteiger partial charge in [-0.3, -0.25) is 4.79 Å². The summed E-state index contributed by atoms with van der Waals surface area (Å²) in [6, 6.07) is 4.84. The van der Waals surface area contributed by atoms with E-state index in [0.717, 1.165) is 8.66 Å². The summed E-state index contributed by atoms with van der Waals surface area (Å²) in [4.78, 5) is 13.3. The minimum absolute atomic E-state index is 0.173. The highest BCUT2D eigenvalue weighted by Gasteiger charge is 2.19. The number of ketones is 1. The second-order valence-electron chi connectivity index (χ2n) is 3.71. The molecule has 0 saturated heterocycles. The molecule has 6 heteroatoms. The SMILES string of the molecule is Cc1sc(Br)cc1C(=O)c1cc(N)cc(Cl)c1Cl. The smallest absolute Gasteiger partial charge is 0.195 e. The number of halogens is 3. The second kappa shape index (κ2) is 5.21. The molecule has 0 amide bonds. The number of carbonyl (C=O) groups excluding carboxylic acids is 1. The Morgan fingerprint density at radius 1 is 1.28 bits per heavy atom. The Morgan fingerprint density at radius 2 is 1.94 bits per heavy atom. The fourth-order valence-corrected chi connectivity index (χ4v) is 3.70. The normalized spacial score (nSPS) is 10.7. The van der Waals surface area contributed by atoms with E-state index >= 15 is 0 Å². The number of nitrogen functional groups attached to an aromatic ring is 1. The average molecular weight is 365 g/mol. The van der Waals surface area contributed by atoms with Crippen molar-refractivity contribution in [3.05, 3.63) is 48.0 Å². The molecule has 0 radical (unpaired) electrons. The molecule has 0 unspecified atom stereocenters. The molecule has 0 spiro atoms. The van der Waals surface area contributed by atoms with Crippen LogP contribution >= 0.6 is 50.5 Å². The summed E-state index contributed by atoms with van der Waals surface area (Å²) in [6.07, 6.45) is 0. The molecule has 0 atom stereocenters. The van der Waals surface area contributed by atoms with Crippen molar-refractivity contribution in [2.45, 2.75) is 6.92 Å². The lowest BCUT2D eigenvalue weighted by molar-refractivity contribution is 0.103. The number of hydrogen-bond donors (Lipinski definition) is 1. The van der Waals surface area contributed by atoms with Gasteiger partial charge in [0.25, 0.3) is 0 Å². The molecule has 0 fully saturated rings. The molecule has 0 aliphatic rings. The van der Waals surface area contributed by atoms with Gasteiger partial charge in [-0.2, -0.15) is 0 Å². The van der Waals surface area contributed by atoms with Gasteiger partial charge in [0.2, 0.25) is 0 Å². The Kier molecular flexibility index (Phi) is 4.02. The van der Waals surface area contributed by atoms with Gasteiger partial charge in [-0.25, -0.2) is 0 Å². The highest BCUT2D eigenvalue weighted by molar-refractivity contribution is 9.11. The number of rotatable bonds is 2. The Balaban J connectivity index is 2.56. The Hall–Kier alpha value is -0.550. The maximum Gasteiger partial charge on any atom is 0.195 e. The van der Waals surface area contributed by atoms with E-state index in [1.807, 2.05) is 6.92 Å². The fourth-order valence-electron chi connectivity index (χ4n) is 1.59. The lowest BCUT2D eigenvalue weighted by Crippen LogP contribution is -2.03. The molecule has 2 N–H and O–H groups in total. The van der Waals surface area contributed by atoms with Crippen molar-refractivity contribution in [3.63, 3.8) is 0 Å². The lowest BCUT2D eigenvalue weighted by atomic mass is 10.0. The first kappa shape index (κ1) is 13.9. The van der Waals surface area contributed by atoms with Gasteiger partial charge in [-0.1, -0.05) is 23.2 Å². The Labute approximate surface area is 127 Å². The molecule has 1 aromatic heterocycles. The zero-order valence-corrected chi connectivity index (χ0v) is 13.2. The summed E-state index contributed by atoms with van der Waals surface area (Å²) in [6.45, 7) is 1.88. The highest BCUT2D eigenvalue weighted by Crippen LogP contribution is 2.33. The van der Waals surface area contributed by atoms with Crippen LogP contribution in [0.4, 0.5) is 5.69 Å². The monoisotopic (exact) mass is 363 g/mol. The molecule has 0 saturated carbocycles. The van der Waals surface area contributed by atoms with E-state index in [1.165, 1.54) is 17.4 Å². The molecule has 2 rings (SSSR count). The van der Waals surface area contributed by atoms with Crippen molar-refractivity contribution in [2.24, 2.45) is 0 Å². The van der Waals surface area contributed by atoms with Gasteiger partial charge in [-0.05, 0) is 41.1 Å². The van der Waals surface area contributed by atoms with Crippen molar-refractivity contribution >= 4 is 61.9 Å². The average Bonchev–Trinajstić information content (AvgIpc) is 2.62. The van der Waals surface area contributed by atoms with E-state index in [9.17, 15) is 4.79 Å². The van der Waals surface area contributed by atoms with Crippen LogP contribution in [0.1, 0.15) is 20.8 Å². The van der Waals surface area contributed by atoms with Crippen molar-refractivity contribution < 1.29 is 4.79 Å². The van der Waals surface area contributed by atoms with Crippen LogP contribution < -0.4 is 5.73 Å². The summed E-state index contributed by atoms with van der Waals surface area (Å²) in [5.41, 5.74) is 7.04. The van der Waals surface area contributed by atoms with Crippen molar-refractivity contribution in [1.82, 2.24) is 0 Å². The van der Waals surface area contributed by atoms with Crippen LogP contribution in [0, 0.1) is 6.92 Å². The lowest BCUT2D eigenvalue weighted by Gasteiger charge is -2.06. The highest BCUT2D eigenvalue weighted by atomic mass is 79.9. The van der Waals surface area contributed by atoms with Gasteiger partial charge in [0.1, 0.15) is 0 Å². The predicted octanol–water partition coefficient (Wildman–Crippen LogP) is 4.94. The van der Waals surface area contributed by atoms with Crippen LogP contribution in [0.2, 0.25) is 10.0 Å². The number of aryl methyl sites for hydroxylation is 1. The molecule has 94 valence electrons. The van der Waals surface area contributed by atoms with Crippen LogP contribution in [0.5, 0.6) is 0 Å². The number of thiophene rings is 1. The Bertz CT molecular complexity index is 639. The number of anilines is 1. The first-order chi connectivity index (χ1) is 8.40. The third-order valence-electron chi connectivity index (χ3n) is 2.43. The molecule has 1 heterocycles. The maximum atomic E-state index is 12.4. The predicted molar refractivity (Wildman–Crippen MR) is 81.1 cm³/mol. The van der Waals surface area contributed by atoms with Gasteiger partial charge in [0.15, 0.2) is 5.78 Å². The molecular weight excluding hydrogens is 357 g/mol. The van der Waals surface area contributed by atoms with Crippen LogP contribution in [-0.4, -0.2) is 5.78 Å². The van der Waals surface area contributed by atoms with Crippen molar-refractivity contribution in [2.75, 3.05) is 5.73 Å². The Morgan fingerprint density at radius 3 is 2.50 bits per heavy atom. The number of nitrogens with two attached hydrogens (primary N) is 1. The number of hydrogen-bond acceptors (Lipinski definition) is 3. The standard InChI is InChI=1S/C12H8BrCl2NOS/c1-5-7(4-10(13)18-5)12(17)8-2-6(16)3-9(14)11(8)15/h2-4H,16H2,1H3. The van der Waals surface area contributed by atoms with Gasteiger partial charge in [0, 0.05) is 21.7 Å². The first-order valence-corrected chi connectivity index (χ1v) is 7.32. The van der Waals surface area contributed by atoms with E-state index < -0.39 is 0 Å². The van der Waals surface area contributed by atoms with E-state index in [4.69, 9.17) is 28.9 Å². The molecule has 0 bridgehead atoms. The second-order valence-corrected chi connectivity index (χ2v) is 7.13. The van der Waals surface area contributed by atoms with Crippen LogP contribution in [0.25, 0.3) is 0 Å². The van der Waals surface area contributed by atoms with Crippen LogP contribution in [0.3, 0.4) is 0 Å². The molecule has 0 aliphatic carbocycles. The largest absolute Gasteiger partial charge is 0.399 e. The van der Waals surface area contributed by atoms with Crippen LogP contribution in [-0.2, 0) is 0 Å². The van der Waals surface area contributed by atoms with E-state index in [0.29, 0.717) is 16.8 Å². The van der Waals surface area contributed by atoms with E-state index in [-0.39, 0.29) is 15.8 Å². The third-order valence-corrected chi connectivity index (χ3v) is 4.78. The van der Waals surface area contributed by atoms with E-state index in [1.54, 1.807) is 12.1 Å². The van der Waals surface area contributed by atoms with Crippen molar-refractivity contribution in [3.8, 4) is 0 Å². The van der Waals surface area contributed by atoms with Gasteiger partial charge in [0.05, 0.1) is 13.8 Å².